The first kappa shape index (κ1) is 42.5. The minimum absolute atomic E-state index is 0.00316. The number of ether oxygens (including phenoxy) is 3. The highest BCUT2D eigenvalue weighted by Crippen LogP contribution is 2.61. The van der Waals surface area contributed by atoms with Crippen LogP contribution in [0.2, 0.25) is 0 Å². The molecule has 278 valence electrons. The monoisotopic (exact) mass is 771 g/mol. The smallest absolute Gasteiger partial charge is 0.407 e. The average molecular weight is 771 g/mol. The molecule has 50 heavy (non-hydrogen) atoms. The molecular formula is C22H30N8O17P3-3. The Morgan fingerprint density at radius 1 is 1.22 bits per heavy atom. The molecular weight excluding hydrogens is 741 g/mol. The molecule has 1 fully saturated rings. The number of amides is 2. The standard InChI is InChI=1S/C22H33N8O17P3/c1-14(31)4-2-7-25-18(32)6-9-42-22(34)26-8-3-5-15-11-30(21(33)28-20(15)23)19-10-16(43-13-27-29-24)17(45-19)12-44-49(38,39)47-50(40,41)46-48(35,36)37/h11,16-17,19H,2,4,6-10,12-13H2,1H3,(H,25,32)(H,26,34)(H,38,39)(H,40,41)(H2,23,28,33)(H2,35,36,37)/p-3/t16?,17-,19-/m1/s1. The van der Waals surface area contributed by atoms with Crippen molar-refractivity contribution >= 4 is 47.1 Å². The third-order valence-corrected chi connectivity index (χ3v) is 9.51. The summed E-state index contributed by atoms with van der Waals surface area (Å²) >= 11 is 0. The summed E-state index contributed by atoms with van der Waals surface area (Å²) in [6.45, 7) is -0.423. The number of hydrogen-bond acceptors (Lipinski definition) is 19. The van der Waals surface area contributed by atoms with E-state index in [2.05, 4.69) is 50.6 Å². The number of rotatable bonds is 19. The molecule has 5 N–H and O–H groups in total. The molecule has 1 aliphatic heterocycles. The lowest BCUT2D eigenvalue weighted by Crippen LogP contribution is -2.30. The topological polar surface area (TPSA) is 381 Å². The summed E-state index contributed by atoms with van der Waals surface area (Å²) in [6, 6.07) is 0. The van der Waals surface area contributed by atoms with Gasteiger partial charge in [-0.1, -0.05) is 17.0 Å². The highest BCUT2D eigenvalue weighted by atomic mass is 31.3. The molecule has 0 aliphatic carbocycles. The Labute approximate surface area is 281 Å². The highest BCUT2D eigenvalue weighted by molar-refractivity contribution is 7.65. The molecule has 25 nitrogen and oxygen atoms in total. The number of alkyl carbamates (subject to hydrolysis) is 1. The molecule has 0 aromatic carbocycles. The van der Waals surface area contributed by atoms with Crippen molar-refractivity contribution in [2.45, 2.75) is 51.0 Å². The van der Waals surface area contributed by atoms with Gasteiger partial charge in [0.2, 0.25) is 5.91 Å². The molecule has 2 rings (SSSR count). The van der Waals surface area contributed by atoms with Crippen LogP contribution in [0.25, 0.3) is 10.4 Å². The molecule has 4 unspecified atom stereocenters. The Morgan fingerprint density at radius 2 is 1.94 bits per heavy atom. The van der Waals surface area contributed by atoms with Gasteiger partial charge < -0.3 is 59.5 Å². The van der Waals surface area contributed by atoms with Crippen LogP contribution in [0.1, 0.15) is 44.4 Å². The molecule has 1 saturated heterocycles. The number of carbonyl (C=O) groups excluding carboxylic acids is 3. The van der Waals surface area contributed by atoms with Gasteiger partial charge in [0, 0.05) is 30.5 Å². The van der Waals surface area contributed by atoms with Crippen molar-refractivity contribution < 1.29 is 75.0 Å². The van der Waals surface area contributed by atoms with E-state index in [1.807, 2.05) is 0 Å². The Morgan fingerprint density at radius 3 is 2.60 bits per heavy atom. The van der Waals surface area contributed by atoms with Gasteiger partial charge in [0.1, 0.15) is 37.3 Å². The highest BCUT2D eigenvalue weighted by Gasteiger charge is 2.39. The number of nitrogen functional groups attached to an aromatic ring is 1. The zero-order chi connectivity index (χ0) is 37.5. The van der Waals surface area contributed by atoms with E-state index in [1.165, 1.54) is 6.92 Å². The summed E-state index contributed by atoms with van der Waals surface area (Å²) in [5.74, 6) is 4.42. The fourth-order valence-electron chi connectivity index (χ4n) is 3.78. The number of nitrogens with one attached hydrogen (secondary N) is 2. The van der Waals surface area contributed by atoms with Gasteiger partial charge in [-0.05, 0) is 18.9 Å². The van der Waals surface area contributed by atoms with Crippen LogP contribution in [0.5, 0.6) is 0 Å². The van der Waals surface area contributed by atoms with Crippen LogP contribution in [-0.2, 0) is 50.6 Å². The maximum absolute atomic E-state index is 12.6. The van der Waals surface area contributed by atoms with E-state index < -0.39 is 67.0 Å². The molecule has 1 aromatic rings. The molecule has 0 saturated carbocycles. The van der Waals surface area contributed by atoms with Crippen LogP contribution < -0.4 is 36.7 Å². The van der Waals surface area contributed by atoms with Gasteiger partial charge in [-0.3, -0.25) is 23.1 Å². The fraction of sp³-hybridized carbons (Fsp3) is 0.591. The predicted molar refractivity (Wildman–Crippen MR) is 157 cm³/mol. The lowest BCUT2D eigenvalue weighted by Gasteiger charge is -2.33. The van der Waals surface area contributed by atoms with Crippen molar-refractivity contribution in [1.29, 1.82) is 0 Å². The van der Waals surface area contributed by atoms with E-state index in [9.17, 15) is 47.6 Å². The lowest BCUT2D eigenvalue weighted by molar-refractivity contribution is -0.250. The van der Waals surface area contributed by atoms with Crippen molar-refractivity contribution in [2.75, 3.05) is 38.8 Å². The van der Waals surface area contributed by atoms with Crippen molar-refractivity contribution in [2.24, 2.45) is 5.11 Å². The Hall–Kier alpha value is -3.71. The molecule has 0 radical (unpaired) electrons. The molecule has 0 spiro atoms. The van der Waals surface area contributed by atoms with Gasteiger partial charge in [-0.2, -0.15) is 4.98 Å². The van der Waals surface area contributed by atoms with E-state index in [-0.39, 0.29) is 49.1 Å². The van der Waals surface area contributed by atoms with Gasteiger partial charge in [0.25, 0.3) is 23.5 Å². The molecule has 1 aromatic heterocycles. The van der Waals surface area contributed by atoms with Gasteiger partial charge in [-0.25, -0.2) is 18.2 Å². The third kappa shape index (κ3) is 16.3. The second kappa shape index (κ2) is 19.6. The number of anilines is 1. The summed E-state index contributed by atoms with van der Waals surface area (Å²) in [4.78, 5) is 95.8. The Bertz CT molecular complexity index is 1700. The number of phosphoric ester groups is 1. The molecule has 1 aliphatic rings. The number of carbonyl (C=O) groups is 3. The number of azide groups is 1. The van der Waals surface area contributed by atoms with E-state index in [1.54, 1.807) is 0 Å². The summed E-state index contributed by atoms with van der Waals surface area (Å²) < 4.78 is 62.0. The minimum atomic E-state index is -6.18. The van der Waals surface area contributed by atoms with Crippen LogP contribution in [-0.4, -0.2) is 77.5 Å². The zero-order valence-corrected chi connectivity index (χ0v) is 28.5. The SMILES string of the molecule is CC(=O)CCCNC(=O)CCOC(=O)NCC#Cc1cn([C@H]2CC(OCN=[N+]=[N-])[C@@H](COP(=O)([O-])OP(=O)([O-])OP(=O)([O-])O)O2)c(=O)nc1N. The number of phosphoric acid groups is 3. The van der Waals surface area contributed by atoms with Crippen molar-refractivity contribution in [1.82, 2.24) is 20.2 Å². The number of ketones is 1. The van der Waals surface area contributed by atoms with Gasteiger partial charge in [0.15, 0.2) is 0 Å². The van der Waals surface area contributed by atoms with Crippen LogP contribution in [0, 0.1) is 11.8 Å². The normalized spacial score (nSPS) is 20.5. The molecule has 6 atom stereocenters. The van der Waals surface area contributed by atoms with Crippen LogP contribution >= 0.6 is 23.5 Å². The van der Waals surface area contributed by atoms with Gasteiger partial charge >= 0.3 is 11.8 Å². The van der Waals surface area contributed by atoms with Crippen molar-refractivity contribution in [3.05, 3.63) is 32.7 Å². The van der Waals surface area contributed by atoms with Crippen LogP contribution in [0.15, 0.2) is 16.1 Å². The largest absolute Gasteiger partial charge is 0.756 e. The van der Waals surface area contributed by atoms with Crippen molar-refractivity contribution in [3.8, 4) is 11.8 Å². The third-order valence-electron chi connectivity index (χ3n) is 5.82. The lowest BCUT2D eigenvalue weighted by atomic mass is 10.2. The quantitative estimate of drug-likeness (QED) is 0.0300. The Balaban J connectivity index is 2.03. The zero-order valence-electron chi connectivity index (χ0n) is 25.8. The first-order valence-electron chi connectivity index (χ1n) is 13.9. The predicted octanol–water partition coefficient (Wildman–Crippen LogP) is -1.83. The van der Waals surface area contributed by atoms with E-state index in [4.69, 9.17) is 30.4 Å². The van der Waals surface area contributed by atoms with Gasteiger partial charge in [0.05, 0.1) is 31.2 Å². The van der Waals surface area contributed by atoms with Crippen molar-refractivity contribution in [3.63, 3.8) is 0 Å². The summed E-state index contributed by atoms with van der Waals surface area (Å²) in [5, 5.41) is 8.05. The van der Waals surface area contributed by atoms with Crippen LogP contribution in [0.3, 0.4) is 0 Å². The number of aromatic nitrogens is 2. The molecule has 2 amide bonds. The molecule has 2 heterocycles. The van der Waals surface area contributed by atoms with Crippen LogP contribution in [0.4, 0.5) is 10.6 Å². The molecule has 0 bridgehead atoms. The number of nitrogens with zero attached hydrogens (tertiary/aromatic N) is 5. The second-order valence-electron chi connectivity index (χ2n) is 9.68. The summed E-state index contributed by atoms with van der Waals surface area (Å²) in [5.41, 5.74) is 13.3. The number of nitrogens with two attached hydrogens (primary N) is 1. The van der Waals surface area contributed by atoms with E-state index in [0.29, 0.717) is 19.4 Å². The number of hydrogen-bond donors (Lipinski definition) is 4. The Kier molecular flexibility index (Phi) is 16.7. The first-order chi connectivity index (χ1) is 23.3. The maximum atomic E-state index is 12.6. The average Bonchev–Trinajstić information content (AvgIpc) is 3.38. The maximum Gasteiger partial charge on any atom is 0.407 e. The summed E-state index contributed by atoms with van der Waals surface area (Å²) in [6.07, 6.45) is -3.20. The van der Waals surface area contributed by atoms with E-state index in [0.717, 1.165) is 10.8 Å². The fourth-order valence-corrected chi connectivity index (χ4v) is 6.68. The molecule has 28 heteroatoms. The van der Waals surface area contributed by atoms with Gasteiger partial charge in [-0.15, -0.1) is 0 Å². The number of Topliss-reactive ketones (excluding diaryl/α,β-unsaturated/α-hetero) is 1. The first-order valence-corrected chi connectivity index (χ1v) is 18.3. The van der Waals surface area contributed by atoms with E-state index >= 15 is 0 Å². The minimum Gasteiger partial charge on any atom is -0.756 e. The second-order valence-corrected chi connectivity index (χ2v) is 14.0. The summed E-state index contributed by atoms with van der Waals surface area (Å²) in [7, 11) is -18.0.